The first-order valence-electron chi connectivity index (χ1n) is 15.3. The van der Waals surface area contributed by atoms with E-state index in [2.05, 4.69) is 6.58 Å². The fourth-order valence-corrected chi connectivity index (χ4v) is 6.38. The van der Waals surface area contributed by atoms with Gasteiger partial charge in [0.2, 0.25) is 6.10 Å². The molecule has 0 heterocycles. The number of ketones is 2. The number of rotatable bonds is 6. The van der Waals surface area contributed by atoms with E-state index in [9.17, 15) is 33.6 Å². The maximum absolute atomic E-state index is 14.6. The molecule has 8 atom stereocenters. The van der Waals surface area contributed by atoms with Crippen molar-refractivity contribution < 1.29 is 57.2 Å². The van der Waals surface area contributed by atoms with Crippen molar-refractivity contribution in [2.45, 2.75) is 91.8 Å². The predicted octanol–water partition coefficient (Wildman–Crippen LogP) is 3.89. The van der Waals surface area contributed by atoms with Crippen molar-refractivity contribution in [2.24, 2.45) is 23.2 Å². The Kier molecular flexibility index (Phi) is 11.3. The van der Waals surface area contributed by atoms with Crippen molar-refractivity contribution in [1.82, 2.24) is 0 Å². The van der Waals surface area contributed by atoms with Gasteiger partial charge in [-0.3, -0.25) is 28.8 Å². The quantitative estimate of drug-likeness (QED) is 0.247. The summed E-state index contributed by atoms with van der Waals surface area (Å²) in [6, 6.07) is 7.79. The molecule has 0 N–H and O–H groups in total. The molecular weight excluding hydrogens is 612 g/mol. The van der Waals surface area contributed by atoms with Crippen molar-refractivity contribution in [3.8, 4) is 0 Å². The second kappa shape index (κ2) is 14.4. The molecule has 3 rings (SSSR count). The van der Waals surface area contributed by atoms with Gasteiger partial charge in [-0.15, -0.1) is 0 Å². The van der Waals surface area contributed by atoms with E-state index >= 15 is 0 Å². The zero-order valence-electron chi connectivity index (χ0n) is 27.9. The minimum absolute atomic E-state index is 0.0833. The van der Waals surface area contributed by atoms with E-state index in [-0.39, 0.29) is 17.6 Å². The number of fused-ring (bicyclic) bond motifs is 1. The van der Waals surface area contributed by atoms with Gasteiger partial charge in [0.25, 0.3) is 0 Å². The molecule has 1 aromatic carbocycles. The molecule has 0 spiro atoms. The first kappa shape index (κ1) is 36.9. The minimum atomic E-state index is -2.06. The zero-order valence-corrected chi connectivity index (χ0v) is 27.9. The molecule has 254 valence electrons. The van der Waals surface area contributed by atoms with E-state index in [0.29, 0.717) is 0 Å². The Labute approximate surface area is 273 Å². The van der Waals surface area contributed by atoms with Crippen LogP contribution in [0.15, 0.2) is 54.6 Å². The molecule has 2 aliphatic carbocycles. The summed E-state index contributed by atoms with van der Waals surface area (Å²) in [5.74, 6) is -8.70. The SMILES string of the molecule is C=C1[C@H](OC(=O)c2ccccc2)[C@H]2[C@@H](OC(C)=O)[C@@H](C)C[C@]2(OC(C)=O)C(=O)[C@@H](C)/C=C/C(C)(C)C(=O)[C@H](OC(C)=O)[C@H]1OC(C)=O. The van der Waals surface area contributed by atoms with E-state index in [0.717, 1.165) is 27.7 Å². The van der Waals surface area contributed by atoms with Gasteiger partial charge >= 0.3 is 29.8 Å². The third-order valence-corrected chi connectivity index (χ3v) is 8.39. The Morgan fingerprint density at radius 1 is 0.745 bits per heavy atom. The second-order valence-electron chi connectivity index (χ2n) is 12.7. The molecule has 0 unspecified atom stereocenters. The van der Waals surface area contributed by atoms with E-state index in [1.165, 1.54) is 38.1 Å². The first-order chi connectivity index (χ1) is 21.8. The van der Waals surface area contributed by atoms with Gasteiger partial charge in [-0.25, -0.2) is 4.79 Å². The summed E-state index contributed by atoms with van der Waals surface area (Å²) in [6.07, 6.45) is -3.71. The van der Waals surface area contributed by atoms with Crippen LogP contribution in [0.25, 0.3) is 0 Å². The highest BCUT2D eigenvalue weighted by Crippen LogP contribution is 2.51. The molecule has 12 nitrogen and oxygen atoms in total. The van der Waals surface area contributed by atoms with Gasteiger partial charge in [0, 0.05) is 51.0 Å². The summed E-state index contributed by atoms with van der Waals surface area (Å²) in [7, 11) is 0. The van der Waals surface area contributed by atoms with Crippen molar-refractivity contribution in [3.05, 3.63) is 60.2 Å². The fraction of sp³-hybridized carbons (Fsp3) is 0.514. The van der Waals surface area contributed by atoms with Gasteiger partial charge in [-0.05, 0) is 31.9 Å². The summed E-state index contributed by atoms with van der Waals surface area (Å²) in [4.78, 5) is 92.6. The van der Waals surface area contributed by atoms with Crippen molar-refractivity contribution >= 4 is 41.4 Å². The molecule has 1 fully saturated rings. The van der Waals surface area contributed by atoms with E-state index in [1.807, 2.05) is 0 Å². The van der Waals surface area contributed by atoms with Crippen LogP contribution in [0.1, 0.15) is 72.2 Å². The van der Waals surface area contributed by atoms with Crippen molar-refractivity contribution in [3.63, 3.8) is 0 Å². The Morgan fingerprint density at radius 3 is 1.83 bits per heavy atom. The Balaban J connectivity index is 2.47. The lowest BCUT2D eigenvalue weighted by molar-refractivity contribution is -0.183. The Hall–Kier alpha value is -4.61. The third kappa shape index (κ3) is 8.04. The number of ether oxygens (including phenoxy) is 5. The van der Waals surface area contributed by atoms with Crippen LogP contribution in [-0.2, 0) is 52.5 Å². The number of esters is 5. The average Bonchev–Trinajstić information content (AvgIpc) is 3.24. The van der Waals surface area contributed by atoms with E-state index in [4.69, 9.17) is 23.7 Å². The van der Waals surface area contributed by atoms with Crippen molar-refractivity contribution in [1.29, 1.82) is 0 Å². The monoisotopic (exact) mass is 654 g/mol. The van der Waals surface area contributed by atoms with Crippen LogP contribution < -0.4 is 0 Å². The Morgan fingerprint density at radius 2 is 1.30 bits per heavy atom. The standard InChI is InChI=1S/C35H42O12/c1-18-15-16-34(8,9)32(41)30(45-23(6)38)29(44-22(5)37)20(3)28(46-33(42)25-13-11-10-12-14-25)26-27(43-21(4)36)19(2)17-35(26,31(18)40)47-24(7)39/h10-16,18-19,26-30H,3,17H2,1-2,4-9H3/b16-15+/t18-,19-,26+,27-,28-,29-,30+,35+/m0/s1. The molecule has 1 aromatic rings. The number of carbonyl (C=O) groups is 7. The topological polar surface area (TPSA) is 166 Å². The normalized spacial score (nSPS) is 31.2. The van der Waals surface area contributed by atoms with Crippen LogP contribution in [0.3, 0.4) is 0 Å². The smallest absolute Gasteiger partial charge is 0.338 e. The van der Waals surface area contributed by atoms with Crippen LogP contribution in [-0.4, -0.2) is 71.4 Å². The number of hydrogen-bond acceptors (Lipinski definition) is 12. The van der Waals surface area contributed by atoms with Crippen LogP contribution >= 0.6 is 0 Å². The number of Topliss-reactive ketones (excluding diaryl/α,β-unsaturated/α-hetero) is 2. The number of carbonyl (C=O) groups excluding carboxylic acids is 7. The highest BCUT2D eigenvalue weighted by molar-refractivity contribution is 5.96. The second-order valence-corrected chi connectivity index (χ2v) is 12.7. The Bertz CT molecular complexity index is 1470. The summed E-state index contributed by atoms with van der Waals surface area (Å²) < 4.78 is 28.8. The lowest BCUT2D eigenvalue weighted by atomic mass is 9.72. The van der Waals surface area contributed by atoms with E-state index in [1.54, 1.807) is 32.0 Å². The number of hydrogen-bond donors (Lipinski definition) is 0. The van der Waals surface area contributed by atoms with E-state index < -0.39 is 94.6 Å². The number of benzene rings is 1. The number of allylic oxidation sites excluding steroid dienone is 2. The molecule has 0 aliphatic heterocycles. The first-order valence-corrected chi connectivity index (χ1v) is 15.3. The summed E-state index contributed by atoms with van der Waals surface area (Å²) >= 11 is 0. The fourth-order valence-electron chi connectivity index (χ4n) is 6.38. The third-order valence-electron chi connectivity index (χ3n) is 8.39. The lowest BCUT2D eigenvalue weighted by Crippen LogP contribution is -2.58. The highest BCUT2D eigenvalue weighted by atomic mass is 16.6. The van der Waals surface area contributed by atoms with Crippen LogP contribution in [0.5, 0.6) is 0 Å². The molecule has 12 heteroatoms. The molecule has 0 amide bonds. The average molecular weight is 655 g/mol. The predicted molar refractivity (Wildman–Crippen MR) is 165 cm³/mol. The van der Waals surface area contributed by atoms with Crippen LogP contribution in [0.4, 0.5) is 0 Å². The van der Waals surface area contributed by atoms with Crippen LogP contribution in [0.2, 0.25) is 0 Å². The molecule has 1 saturated carbocycles. The summed E-state index contributed by atoms with van der Waals surface area (Å²) in [5.41, 5.74) is -3.66. The molecule has 47 heavy (non-hydrogen) atoms. The summed E-state index contributed by atoms with van der Waals surface area (Å²) in [6.45, 7) is 14.7. The molecular formula is C35H42O12. The molecule has 0 bridgehead atoms. The summed E-state index contributed by atoms with van der Waals surface area (Å²) in [5, 5.41) is 0. The zero-order chi connectivity index (χ0) is 35.4. The van der Waals surface area contributed by atoms with Gasteiger partial charge in [-0.2, -0.15) is 0 Å². The van der Waals surface area contributed by atoms with Gasteiger partial charge < -0.3 is 23.7 Å². The van der Waals surface area contributed by atoms with Gasteiger partial charge in [0.05, 0.1) is 11.5 Å². The maximum atomic E-state index is 14.6. The van der Waals surface area contributed by atoms with Crippen LogP contribution in [0, 0.1) is 23.2 Å². The van der Waals surface area contributed by atoms with Gasteiger partial charge in [-0.1, -0.05) is 50.8 Å². The molecule has 0 radical (unpaired) electrons. The molecule has 0 saturated heterocycles. The van der Waals surface area contributed by atoms with Crippen molar-refractivity contribution in [2.75, 3.05) is 0 Å². The largest absolute Gasteiger partial charge is 0.462 e. The maximum Gasteiger partial charge on any atom is 0.338 e. The lowest BCUT2D eigenvalue weighted by Gasteiger charge is -2.42. The minimum Gasteiger partial charge on any atom is -0.462 e. The van der Waals surface area contributed by atoms with Gasteiger partial charge in [0.15, 0.2) is 23.3 Å². The molecule has 0 aromatic heterocycles. The highest BCUT2D eigenvalue weighted by Gasteiger charge is 2.65. The molecule has 2 aliphatic rings. The van der Waals surface area contributed by atoms with Gasteiger partial charge in [0.1, 0.15) is 12.2 Å².